The minimum absolute atomic E-state index is 0.100. The van der Waals surface area contributed by atoms with Crippen LogP contribution < -0.4 is 0 Å². The van der Waals surface area contributed by atoms with Gasteiger partial charge in [0.05, 0.1) is 6.07 Å². The van der Waals surface area contributed by atoms with Crippen molar-refractivity contribution >= 4 is 5.91 Å². The lowest BCUT2D eigenvalue weighted by Gasteiger charge is -2.19. The highest BCUT2D eigenvalue weighted by molar-refractivity contribution is 5.80. The maximum absolute atomic E-state index is 11.9. The second-order valence-corrected chi connectivity index (χ2v) is 4.27. The Morgan fingerprint density at radius 2 is 2.24 bits per heavy atom. The fourth-order valence-electron chi connectivity index (χ4n) is 1.75. The van der Waals surface area contributed by atoms with Gasteiger partial charge in [-0.3, -0.25) is 4.79 Å². The van der Waals surface area contributed by atoms with Crippen LogP contribution in [-0.2, 0) is 11.3 Å². The first-order valence-corrected chi connectivity index (χ1v) is 5.78. The van der Waals surface area contributed by atoms with Crippen molar-refractivity contribution in [3.63, 3.8) is 0 Å². The molecule has 0 bridgehead atoms. The zero-order valence-electron chi connectivity index (χ0n) is 10.6. The lowest BCUT2D eigenvalue weighted by Crippen LogP contribution is -2.31. The van der Waals surface area contributed by atoms with Gasteiger partial charge in [-0.2, -0.15) is 5.26 Å². The van der Waals surface area contributed by atoms with Crippen molar-refractivity contribution in [1.29, 1.82) is 5.26 Å². The highest BCUT2D eigenvalue weighted by Gasteiger charge is 2.19. The van der Waals surface area contributed by atoms with E-state index in [0.717, 1.165) is 5.56 Å². The Kier molecular flexibility index (Phi) is 4.71. The van der Waals surface area contributed by atoms with Crippen LogP contribution in [0.15, 0.2) is 24.3 Å². The van der Waals surface area contributed by atoms with Gasteiger partial charge in [0.25, 0.3) is 0 Å². The van der Waals surface area contributed by atoms with E-state index in [0.29, 0.717) is 13.0 Å². The first kappa shape index (κ1) is 13.2. The van der Waals surface area contributed by atoms with Gasteiger partial charge >= 0.3 is 0 Å². The van der Waals surface area contributed by atoms with Gasteiger partial charge in [-0.25, -0.2) is 0 Å². The largest absolute Gasteiger partial charge is 0.340 e. The Hall–Kier alpha value is -1.82. The average Bonchev–Trinajstić information content (AvgIpc) is 2.30. The predicted octanol–water partition coefficient (Wildman–Crippen LogP) is 2.50. The van der Waals surface area contributed by atoms with Crippen LogP contribution in [0.4, 0.5) is 0 Å². The van der Waals surface area contributed by atoms with E-state index in [2.05, 4.69) is 6.07 Å². The van der Waals surface area contributed by atoms with Crippen molar-refractivity contribution in [1.82, 2.24) is 4.90 Å². The molecular formula is C14H18N2O. The Morgan fingerprint density at radius 3 is 2.76 bits per heavy atom. The molecule has 0 heterocycles. The maximum Gasteiger partial charge on any atom is 0.239 e. The van der Waals surface area contributed by atoms with Gasteiger partial charge in [0, 0.05) is 13.6 Å². The number of aryl methyl sites for hydroxylation is 1. The number of nitrogens with zero attached hydrogens (tertiary/aromatic N) is 2. The predicted molar refractivity (Wildman–Crippen MR) is 67.0 cm³/mol. The van der Waals surface area contributed by atoms with Crippen LogP contribution in [0.1, 0.15) is 24.5 Å². The third kappa shape index (κ3) is 3.60. The molecule has 1 aromatic rings. The summed E-state index contributed by atoms with van der Waals surface area (Å²) in [6.45, 7) is 4.43. The average molecular weight is 230 g/mol. The van der Waals surface area contributed by atoms with E-state index in [1.165, 1.54) is 5.56 Å². The molecule has 17 heavy (non-hydrogen) atoms. The van der Waals surface area contributed by atoms with Gasteiger partial charge < -0.3 is 4.90 Å². The smallest absolute Gasteiger partial charge is 0.239 e. The van der Waals surface area contributed by atoms with Crippen LogP contribution in [0.25, 0.3) is 0 Å². The van der Waals surface area contributed by atoms with Crippen molar-refractivity contribution in [3.8, 4) is 6.07 Å². The molecule has 0 aliphatic carbocycles. The van der Waals surface area contributed by atoms with Crippen LogP contribution in [0.5, 0.6) is 0 Å². The van der Waals surface area contributed by atoms with Crippen LogP contribution in [0, 0.1) is 24.2 Å². The zero-order chi connectivity index (χ0) is 12.8. The van der Waals surface area contributed by atoms with Gasteiger partial charge in [-0.05, 0) is 18.9 Å². The fraction of sp³-hybridized carbons (Fsp3) is 0.429. The minimum atomic E-state index is -0.523. The first-order chi connectivity index (χ1) is 8.08. The molecule has 0 spiro atoms. The Labute approximate surface area is 103 Å². The van der Waals surface area contributed by atoms with Crippen LogP contribution in [-0.4, -0.2) is 17.9 Å². The summed E-state index contributed by atoms with van der Waals surface area (Å²) in [5.41, 5.74) is 2.27. The van der Waals surface area contributed by atoms with Crippen LogP contribution >= 0.6 is 0 Å². The van der Waals surface area contributed by atoms with Crippen molar-refractivity contribution < 1.29 is 4.79 Å². The summed E-state index contributed by atoms with van der Waals surface area (Å²) in [5, 5.41) is 8.86. The monoisotopic (exact) mass is 230 g/mol. The second kappa shape index (κ2) is 6.05. The lowest BCUT2D eigenvalue weighted by atomic mass is 10.1. The highest BCUT2D eigenvalue weighted by Crippen LogP contribution is 2.10. The summed E-state index contributed by atoms with van der Waals surface area (Å²) in [5.74, 6) is -0.624. The molecule has 0 saturated carbocycles. The fourth-order valence-corrected chi connectivity index (χ4v) is 1.75. The van der Waals surface area contributed by atoms with Gasteiger partial charge in [0.2, 0.25) is 5.91 Å². The van der Waals surface area contributed by atoms with E-state index in [1.807, 2.05) is 38.1 Å². The standard InChI is InChI=1S/C14H18N2O/c1-4-13(9-15)14(17)16(3)10-12-7-5-6-11(2)8-12/h5-8,13H,4,10H2,1-3H3. The molecule has 0 aliphatic heterocycles. The molecule has 0 aliphatic rings. The van der Waals surface area contributed by atoms with Crippen molar-refractivity contribution in [2.45, 2.75) is 26.8 Å². The molecule has 3 heteroatoms. The number of carbonyl (C=O) groups is 1. The number of hydrogen-bond acceptors (Lipinski definition) is 2. The maximum atomic E-state index is 11.9. The normalized spacial score (nSPS) is 11.6. The number of nitriles is 1. The Morgan fingerprint density at radius 1 is 1.53 bits per heavy atom. The molecular weight excluding hydrogens is 212 g/mol. The summed E-state index contributed by atoms with van der Waals surface area (Å²) in [4.78, 5) is 13.5. The highest BCUT2D eigenvalue weighted by atomic mass is 16.2. The van der Waals surface area contributed by atoms with E-state index < -0.39 is 5.92 Å². The van der Waals surface area contributed by atoms with E-state index >= 15 is 0 Å². The number of hydrogen-bond donors (Lipinski definition) is 0. The zero-order valence-corrected chi connectivity index (χ0v) is 10.6. The SMILES string of the molecule is CCC(C#N)C(=O)N(C)Cc1cccc(C)c1. The third-order valence-electron chi connectivity index (χ3n) is 2.74. The molecule has 0 N–H and O–H groups in total. The molecule has 3 nitrogen and oxygen atoms in total. The second-order valence-electron chi connectivity index (χ2n) is 4.27. The minimum Gasteiger partial charge on any atom is -0.340 e. The molecule has 1 unspecified atom stereocenters. The molecule has 0 fully saturated rings. The molecule has 1 atom stereocenters. The van der Waals surface area contributed by atoms with Crippen molar-refractivity contribution in [2.75, 3.05) is 7.05 Å². The van der Waals surface area contributed by atoms with Gasteiger partial charge in [-0.1, -0.05) is 36.8 Å². The number of amides is 1. The molecule has 0 radical (unpaired) electrons. The van der Waals surface area contributed by atoms with E-state index in [9.17, 15) is 4.79 Å². The van der Waals surface area contributed by atoms with Gasteiger partial charge in [0.15, 0.2) is 0 Å². The van der Waals surface area contributed by atoms with E-state index in [4.69, 9.17) is 5.26 Å². The molecule has 1 amide bonds. The van der Waals surface area contributed by atoms with E-state index in [-0.39, 0.29) is 5.91 Å². The molecule has 1 aromatic carbocycles. The Balaban J connectivity index is 2.70. The van der Waals surface area contributed by atoms with Gasteiger partial charge in [0.1, 0.15) is 5.92 Å². The quantitative estimate of drug-likeness (QED) is 0.797. The van der Waals surface area contributed by atoms with E-state index in [1.54, 1.807) is 11.9 Å². The van der Waals surface area contributed by atoms with Crippen LogP contribution in [0.2, 0.25) is 0 Å². The summed E-state index contributed by atoms with van der Waals surface area (Å²) in [6, 6.07) is 10.1. The molecule has 90 valence electrons. The molecule has 0 aromatic heterocycles. The summed E-state index contributed by atoms with van der Waals surface area (Å²) in [7, 11) is 1.74. The summed E-state index contributed by atoms with van der Waals surface area (Å²) in [6.07, 6.45) is 0.563. The van der Waals surface area contributed by atoms with Gasteiger partial charge in [-0.15, -0.1) is 0 Å². The Bertz CT molecular complexity index is 434. The topological polar surface area (TPSA) is 44.1 Å². The number of rotatable bonds is 4. The van der Waals surface area contributed by atoms with Crippen LogP contribution in [0.3, 0.4) is 0 Å². The molecule has 1 rings (SSSR count). The third-order valence-corrected chi connectivity index (χ3v) is 2.74. The summed E-state index contributed by atoms with van der Waals surface area (Å²) < 4.78 is 0. The van der Waals surface area contributed by atoms with Crippen molar-refractivity contribution in [2.24, 2.45) is 5.92 Å². The lowest BCUT2D eigenvalue weighted by molar-refractivity contribution is -0.133. The number of carbonyl (C=O) groups excluding carboxylic acids is 1. The summed E-state index contributed by atoms with van der Waals surface area (Å²) >= 11 is 0. The van der Waals surface area contributed by atoms with Crippen molar-refractivity contribution in [3.05, 3.63) is 35.4 Å². The first-order valence-electron chi connectivity index (χ1n) is 5.78. The number of benzene rings is 1. The molecule has 0 saturated heterocycles.